The number of carbonyl (C=O) groups excluding carboxylic acids is 1. The van der Waals surface area contributed by atoms with Crippen LogP contribution < -0.4 is 14.8 Å². The zero-order valence-electron chi connectivity index (χ0n) is 17.7. The third-order valence-electron chi connectivity index (χ3n) is 5.43. The van der Waals surface area contributed by atoms with Gasteiger partial charge < -0.3 is 19.5 Å². The fraction of sp³-hybridized carbons (Fsp3) is 0.348. The molecule has 1 saturated heterocycles. The SMILES string of the molecule is Cc1ccc(NC(=O)CSc2nnc(-c3ccc4c(c3)OCO4)n2C[C@H]2CCCO2)cc1. The Morgan fingerprint density at radius 1 is 1.16 bits per heavy atom. The number of carbonyl (C=O) groups is 1. The van der Waals surface area contributed by atoms with Crippen LogP contribution in [0.1, 0.15) is 18.4 Å². The third-order valence-corrected chi connectivity index (χ3v) is 6.39. The first-order valence-electron chi connectivity index (χ1n) is 10.6. The monoisotopic (exact) mass is 452 g/mol. The van der Waals surface area contributed by atoms with Crippen molar-refractivity contribution < 1.29 is 19.0 Å². The number of amides is 1. The summed E-state index contributed by atoms with van der Waals surface area (Å²) >= 11 is 1.37. The minimum atomic E-state index is -0.0878. The van der Waals surface area contributed by atoms with Crippen molar-refractivity contribution in [2.75, 3.05) is 24.5 Å². The molecule has 32 heavy (non-hydrogen) atoms. The van der Waals surface area contributed by atoms with Crippen LogP contribution in [0.25, 0.3) is 11.4 Å². The molecule has 8 nitrogen and oxygen atoms in total. The van der Waals surface area contributed by atoms with Gasteiger partial charge in [-0.2, -0.15) is 0 Å². The van der Waals surface area contributed by atoms with Crippen molar-refractivity contribution in [3.63, 3.8) is 0 Å². The number of anilines is 1. The first-order chi connectivity index (χ1) is 15.7. The molecule has 9 heteroatoms. The lowest BCUT2D eigenvalue weighted by molar-refractivity contribution is -0.113. The van der Waals surface area contributed by atoms with Crippen molar-refractivity contribution in [2.24, 2.45) is 0 Å². The van der Waals surface area contributed by atoms with Gasteiger partial charge in [0, 0.05) is 17.9 Å². The van der Waals surface area contributed by atoms with E-state index in [1.807, 2.05) is 54.0 Å². The van der Waals surface area contributed by atoms with E-state index in [4.69, 9.17) is 14.2 Å². The quantitative estimate of drug-likeness (QED) is 0.544. The van der Waals surface area contributed by atoms with Gasteiger partial charge >= 0.3 is 0 Å². The van der Waals surface area contributed by atoms with E-state index < -0.39 is 0 Å². The smallest absolute Gasteiger partial charge is 0.234 e. The number of hydrogen-bond acceptors (Lipinski definition) is 7. The number of nitrogens with zero attached hydrogens (tertiary/aromatic N) is 3. The number of nitrogens with one attached hydrogen (secondary N) is 1. The average molecular weight is 453 g/mol. The summed E-state index contributed by atoms with van der Waals surface area (Å²) in [5.41, 5.74) is 2.81. The highest BCUT2D eigenvalue weighted by Gasteiger charge is 2.23. The Morgan fingerprint density at radius 2 is 2.00 bits per heavy atom. The second-order valence-electron chi connectivity index (χ2n) is 7.82. The van der Waals surface area contributed by atoms with Crippen molar-refractivity contribution in [2.45, 2.75) is 37.6 Å². The van der Waals surface area contributed by atoms with E-state index in [1.54, 1.807) is 0 Å². The lowest BCUT2D eigenvalue weighted by atomic mass is 10.2. The highest BCUT2D eigenvalue weighted by molar-refractivity contribution is 7.99. The number of hydrogen-bond donors (Lipinski definition) is 1. The summed E-state index contributed by atoms with van der Waals surface area (Å²) in [5.74, 6) is 2.29. The molecule has 0 unspecified atom stereocenters. The molecule has 0 spiro atoms. The van der Waals surface area contributed by atoms with Crippen molar-refractivity contribution in [3.8, 4) is 22.9 Å². The van der Waals surface area contributed by atoms with Crippen LogP contribution in [-0.4, -0.2) is 45.9 Å². The normalized spacial score (nSPS) is 17.0. The molecule has 1 aromatic heterocycles. The predicted molar refractivity (Wildman–Crippen MR) is 121 cm³/mol. The summed E-state index contributed by atoms with van der Waals surface area (Å²) in [7, 11) is 0. The van der Waals surface area contributed by atoms with Gasteiger partial charge in [0.05, 0.1) is 18.4 Å². The van der Waals surface area contributed by atoms with Crippen LogP contribution in [-0.2, 0) is 16.1 Å². The van der Waals surface area contributed by atoms with Gasteiger partial charge in [-0.3, -0.25) is 9.36 Å². The van der Waals surface area contributed by atoms with Gasteiger partial charge in [0.25, 0.3) is 0 Å². The van der Waals surface area contributed by atoms with Crippen LogP contribution in [0.3, 0.4) is 0 Å². The standard InChI is InChI=1S/C23H24N4O4S/c1-15-4-7-17(8-5-15)24-21(28)13-32-23-26-25-22(27(23)12-18-3-2-10-29-18)16-6-9-19-20(11-16)31-14-30-19/h4-9,11,18H,2-3,10,12-14H2,1H3,(H,24,28)/t18-/m1/s1. The second kappa shape index (κ2) is 9.22. The summed E-state index contributed by atoms with van der Waals surface area (Å²) < 4.78 is 18.8. The van der Waals surface area contributed by atoms with Gasteiger partial charge in [0.15, 0.2) is 22.5 Å². The Labute approximate surface area is 190 Å². The molecule has 2 aliphatic heterocycles. The first kappa shape index (κ1) is 20.8. The van der Waals surface area contributed by atoms with Crippen LogP contribution in [0, 0.1) is 6.92 Å². The van der Waals surface area contributed by atoms with Crippen molar-refractivity contribution in [1.82, 2.24) is 14.8 Å². The van der Waals surface area contributed by atoms with Crippen molar-refractivity contribution in [1.29, 1.82) is 0 Å². The Bertz CT molecular complexity index is 1110. The predicted octanol–water partition coefficient (Wildman–Crippen LogP) is 3.89. The lowest BCUT2D eigenvalue weighted by Crippen LogP contribution is -2.18. The van der Waals surface area contributed by atoms with Crippen LogP contribution in [0.5, 0.6) is 11.5 Å². The Kier molecular flexibility index (Phi) is 6.00. The van der Waals surface area contributed by atoms with E-state index in [0.29, 0.717) is 17.5 Å². The molecule has 166 valence electrons. The molecule has 1 N–H and O–H groups in total. The van der Waals surface area contributed by atoms with E-state index in [1.165, 1.54) is 11.8 Å². The maximum absolute atomic E-state index is 12.5. The second-order valence-corrected chi connectivity index (χ2v) is 8.77. The van der Waals surface area contributed by atoms with E-state index in [9.17, 15) is 4.79 Å². The van der Waals surface area contributed by atoms with Gasteiger partial charge in [-0.25, -0.2) is 0 Å². The van der Waals surface area contributed by atoms with Gasteiger partial charge in [0.2, 0.25) is 12.7 Å². The zero-order chi connectivity index (χ0) is 21.9. The molecule has 2 aliphatic rings. The van der Waals surface area contributed by atoms with Crippen LogP contribution >= 0.6 is 11.8 Å². The van der Waals surface area contributed by atoms with Gasteiger partial charge in [-0.1, -0.05) is 29.5 Å². The van der Waals surface area contributed by atoms with Gasteiger partial charge in [-0.05, 0) is 50.1 Å². The molecule has 2 aromatic carbocycles. The van der Waals surface area contributed by atoms with E-state index in [-0.39, 0.29) is 24.6 Å². The van der Waals surface area contributed by atoms with Crippen LogP contribution in [0.2, 0.25) is 0 Å². The Hall–Kier alpha value is -3.04. The summed E-state index contributed by atoms with van der Waals surface area (Å²) in [5, 5.41) is 12.4. The summed E-state index contributed by atoms with van der Waals surface area (Å²) in [4.78, 5) is 12.5. The van der Waals surface area contributed by atoms with E-state index in [2.05, 4.69) is 15.5 Å². The minimum absolute atomic E-state index is 0.0878. The maximum Gasteiger partial charge on any atom is 0.234 e. The fourth-order valence-electron chi connectivity index (χ4n) is 3.77. The molecule has 0 saturated carbocycles. The number of rotatable bonds is 7. The number of aromatic nitrogens is 3. The number of thioether (sulfide) groups is 1. The molecule has 3 heterocycles. The summed E-state index contributed by atoms with van der Waals surface area (Å²) in [6, 6.07) is 13.5. The fourth-order valence-corrected chi connectivity index (χ4v) is 4.51. The molecule has 1 atom stereocenters. The zero-order valence-corrected chi connectivity index (χ0v) is 18.6. The van der Waals surface area contributed by atoms with Crippen molar-refractivity contribution in [3.05, 3.63) is 48.0 Å². The lowest BCUT2D eigenvalue weighted by Gasteiger charge is -2.15. The first-order valence-corrected chi connectivity index (χ1v) is 11.6. The van der Waals surface area contributed by atoms with Gasteiger partial charge in [0.1, 0.15) is 0 Å². The average Bonchev–Trinajstić information content (AvgIpc) is 3.55. The Morgan fingerprint density at radius 3 is 2.81 bits per heavy atom. The third kappa shape index (κ3) is 4.58. The molecular weight excluding hydrogens is 428 g/mol. The summed E-state index contributed by atoms with van der Waals surface area (Å²) in [6.07, 6.45) is 2.16. The largest absolute Gasteiger partial charge is 0.454 e. The number of benzene rings is 2. The molecule has 5 rings (SSSR count). The molecule has 0 bridgehead atoms. The Balaban J connectivity index is 1.34. The number of ether oxygens (including phenoxy) is 3. The summed E-state index contributed by atoms with van der Waals surface area (Å²) in [6.45, 7) is 3.64. The molecule has 3 aromatic rings. The highest BCUT2D eigenvalue weighted by Crippen LogP contribution is 2.36. The van der Waals surface area contributed by atoms with Gasteiger partial charge in [-0.15, -0.1) is 10.2 Å². The van der Waals surface area contributed by atoms with Crippen molar-refractivity contribution >= 4 is 23.4 Å². The maximum atomic E-state index is 12.5. The molecule has 1 amide bonds. The van der Waals surface area contributed by atoms with E-state index >= 15 is 0 Å². The minimum Gasteiger partial charge on any atom is -0.454 e. The molecule has 1 fully saturated rings. The topological polar surface area (TPSA) is 87.5 Å². The van der Waals surface area contributed by atoms with Crippen LogP contribution in [0.4, 0.5) is 5.69 Å². The van der Waals surface area contributed by atoms with E-state index in [0.717, 1.165) is 47.8 Å². The van der Waals surface area contributed by atoms with Crippen LogP contribution in [0.15, 0.2) is 47.6 Å². The molecule has 0 radical (unpaired) electrons. The molecular formula is C23H24N4O4S. The molecule has 0 aliphatic carbocycles. The highest BCUT2D eigenvalue weighted by atomic mass is 32.2. The number of fused-ring (bicyclic) bond motifs is 1. The number of aryl methyl sites for hydroxylation is 1.